The molecule has 4 heteroatoms. The molecule has 162 valence electrons. The number of nitrogens with one attached hydrogen (secondary N) is 2. The molecule has 0 unspecified atom stereocenters. The van der Waals surface area contributed by atoms with Gasteiger partial charge >= 0.3 is 0 Å². The van der Waals surface area contributed by atoms with Crippen molar-refractivity contribution in [1.82, 2.24) is 5.32 Å². The Bertz CT molecular complexity index is 984. The lowest BCUT2D eigenvalue weighted by Crippen LogP contribution is -2.25. The quantitative estimate of drug-likeness (QED) is 0.410. The number of anilines is 2. The van der Waals surface area contributed by atoms with Gasteiger partial charge in [-0.05, 0) is 78.6 Å². The highest BCUT2D eigenvalue weighted by Gasteiger charge is 2.08. The Kier molecular flexibility index (Phi) is 9.37. The van der Waals surface area contributed by atoms with Crippen LogP contribution in [-0.4, -0.2) is 12.5 Å². The average Bonchev–Trinajstić information content (AvgIpc) is 2.74. The molecule has 1 amide bonds. The van der Waals surface area contributed by atoms with Crippen LogP contribution < -0.4 is 16.4 Å². The first-order valence-electron chi connectivity index (χ1n) is 10.6. The lowest BCUT2D eigenvalue weighted by molar-refractivity contribution is 0.0952. The number of nitrogens with two attached hydrogens (primary N) is 1. The molecule has 0 aliphatic heterocycles. The van der Waals surface area contributed by atoms with Gasteiger partial charge in [-0.3, -0.25) is 4.79 Å². The molecular weight excluding hydrogens is 382 g/mol. The van der Waals surface area contributed by atoms with Crippen molar-refractivity contribution in [3.05, 3.63) is 102 Å². The third-order valence-electron chi connectivity index (χ3n) is 4.73. The van der Waals surface area contributed by atoms with Gasteiger partial charge in [-0.2, -0.15) is 0 Å². The van der Waals surface area contributed by atoms with Crippen molar-refractivity contribution >= 4 is 23.4 Å². The van der Waals surface area contributed by atoms with Crippen molar-refractivity contribution in [1.29, 1.82) is 0 Å². The number of allylic oxidation sites excluding steroid dienone is 5. The molecule has 0 bridgehead atoms. The molecule has 0 saturated carbocycles. The van der Waals surface area contributed by atoms with Gasteiger partial charge < -0.3 is 16.4 Å². The fourth-order valence-corrected chi connectivity index (χ4v) is 3.00. The third kappa shape index (κ3) is 8.01. The van der Waals surface area contributed by atoms with E-state index in [1.165, 1.54) is 6.20 Å². The molecule has 4 N–H and O–H groups in total. The Hall–Kier alpha value is -3.53. The molecule has 31 heavy (non-hydrogen) atoms. The zero-order valence-corrected chi connectivity index (χ0v) is 18.7. The van der Waals surface area contributed by atoms with E-state index in [4.69, 9.17) is 5.73 Å². The Labute approximate surface area is 186 Å². The van der Waals surface area contributed by atoms with Crippen molar-refractivity contribution < 1.29 is 4.79 Å². The number of benzene rings is 2. The maximum absolute atomic E-state index is 12.4. The molecule has 2 aromatic rings. The second-order valence-electron chi connectivity index (χ2n) is 7.81. The minimum absolute atomic E-state index is 0.0302. The number of aryl methyl sites for hydroxylation is 1. The van der Waals surface area contributed by atoms with E-state index in [1.807, 2.05) is 67.6 Å². The summed E-state index contributed by atoms with van der Waals surface area (Å²) in [6, 6.07) is 13.9. The first-order chi connectivity index (χ1) is 14.9. The summed E-state index contributed by atoms with van der Waals surface area (Å²) in [6.07, 6.45) is 11.9. The minimum Gasteiger partial charge on any atom is -0.405 e. The second kappa shape index (κ2) is 12.2. The van der Waals surface area contributed by atoms with Crippen LogP contribution in [0.4, 0.5) is 11.4 Å². The monoisotopic (exact) mass is 415 g/mol. The molecule has 0 spiro atoms. The number of carbonyl (C=O) groups is 1. The van der Waals surface area contributed by atoms with E-state index in [2.05, 4.69) is 37.1 Å². The highest BCUT2D eigenvalue weighted by atomic mass is 16.1. The van der Waals surface area contributed by atoms with Crippen LogP contribution in [0.5, 0.6) is 0 Å². The number of hydrogen-bond donors (Lipinski definition) is 3. The van der Waals surface area contributed by atoms with Gasteiger partial charge in [0, 0.05) is 23.5 Å². The Morgan fingerprint density at radius 3 is 2.65 bits per heavy atom. The molecule has 0 aliphatic carbocycles. The first-order valence-corrected chi connectivity index (χ1v) is 10.6. The number of hydrogen-bond acceptors (Lipinski definition) is 3. The van der Waals surface area contributed by atoms with E-state index in [1.54, 1.807) is 6.08 Å². The Morgan fingerprint density at radius 1 is 1.16 bits per heavy atom. The van der Waals surface area contributed by atoms with Gasteiger partial charge in [-0.15, -0.1) is 0 Å². The highest BCUT2D eigenvalue weighted by molar-refractivity contribution is 5.95. The SMILES string of the molecule is C=C/C=C(\C=C/N)/C=C/c1cccc(Nc2ccc(C(=O)NCCC(C)C)cc2C)c1. The van der Waals surface area contributed by atoms with Crippen molar-refractivity contribution in [3.8, 4) is 0 Å². The van der Waals surface area contributed by atoms with E-state index in [0.29, 0.717) is 18.0 Å². The van der Waals surface area contributed by atoms with Crippen LogP contribution in [-0.2, 0) is 0 Å². The van der Waals surface area contributed by atoms with E-state index in [9.17, 15) is 4.79 Å². The predicted molar refractivity (Wildman–Crippen MR) is 133 cm³/mol. The summed E-state index contributed by atoms with van der Waals surface area (Å²) in [5, 5.41) is 6.43. The van der Waals surface area contributed by atoms with Crippen molar-refractivity contribution in [2.24, 2.45) is 11.7 Å². The van der Waals surface area contributed by atoms with Gasteiger partial charge in [0.05, 0.1) is 0 Å². The summed E-state index contributed by atoms with van der Waals surface area (Å²) in [5.74, 6) is 0.540. The van der Waals surface area contributed by atoms with Gasteiger partial charge in [0.1, 0.15) is 0 Å². The Balaban J connectivity index is 2.09. The molecule has 0 aromatic heterocycles. The molecule has 0 radical (unpaired) electrons. The zero-order valence-electron chi connectivity index (χ0n) is 18.7. The largest absolute Gasteiger partial charge is 0.405 e. The van der Waals surface area contributed by atoms with Crippen LogP contribution in [0, 0.1) is 12.8 Å². The van der Waals surface area contributed by atoms with Crippen LogP contribution in [0.25, 0.3) is 6.08 Å². The van der Waals surface area contributed by atoms with Crippen molar-refractivity contribution in [3.63, 3.8) is 0 Å². The number of amides is 1. The summed E-state index contributed by atoms with van der Waals surface area (Å²) < 4.78 is 0. The van der Waals surface area contributed by atoms with Crippen LogP contribution in [0.2, 0.25) is 0 Å². The number of rotatable bonds is 10. The summed E-state index contributed by atoms with van der Waals surface area (Å²) in [4.78, 5) is 12.4. The summed E-state index contributed by atoms with van der Waals surface area (Å²) >= 11 is 0. The van der Waals surface area contributed by atoms with E-state index in [-0.39, 0.29) is 5.91 Å². The van der Waals surface area contributed by atoms with Gasteiger partial charge in [0.25, 0.3) is 5.91 Å². The molecular formula is C27H33N3O. The second-order valence-corrected chi connectivity index (χ2v) is 7.81. The highest BCUT2D eigenvalue weighted by Crippen LogP contribution is 2.23. The maximum Gasteiger partial charge on any atom is 0.251 e. The predicted octanol–water partition coefficient (Wildman–Crippen LogP) is 6.11. The van der Waals surface area contributed by atoms with Gasteiger partial charge in [0.2, 0.25) is 0 Å². The summed E-state index contributed by atoms with van der Waals surface area (Å²) in [6.45, 7) is 10.7. The summed E-state index contributed by atoms with van der Waals surface area (Å²) in [7, 11) is 0. The zero-order chi connectivity index (χ0) is 22.6. The molecule has 2 rings (SSSR count). The Morgan fingerprint density at radius 2 is 1.97 bits per heavy atom. The molecule has 0 saturated heterocycles. The smallest absolute Gasteiger partial charge is 0.251 e. The molecule has 4 nitrogen and oxygen atoms in total. The van der Waals surface area contributed by atoms with Gasteiger partial charge in [-0.1, -0.05) is 56.9 Å². The van der Waals surface area contributed by atoms with E-state index in [0.717, 1.165) is 34.5 Å². The first kappa shape index (κ1) is 23.7. The van der Waals surface area contributed by atoms with E-state index >= 15 is 0 Å². The van der Waals surface area contributed by atoms with Gasteiger partial charge in [0.15, 0.2) is 0 Å². The van der Waals surface area contributed by atoms with Crippen LogP contribution in [0.1, 0.15) is 41.8 Å². The molecule has 0 fully saturated rings. The normalized spacial score (nSPS) is 11.9. The lowest BCUT2D eigenvalue weighted by Gasteiger charge is -2.12. The van der Waals surface area contributed by atoms with Crippen LogP contribution >= 0.6 is 0 Å². The third-order valence-corrected chi connectivity index (χ3v) is 4.73. The lowest BCUT2D eigenvalue weighted by atomic mass is 10.1. The van der Waals surface area contributed by atoms with E-state index < -0.39 is 0 Å². The topological polar surface area (TPSA) is 67.1 Å². The fourth-order valence-electron chi connectivity index (χ4n) is 3.00. The standard InChI is InChI=1S/C27H33N3O/c1-5-7-22(14-16-28)10-11-23-8-6-9-25(19-23)30-26-13-12-24(18-21(26)4)27(31)29-17-15-20(2)3/h5-14,16,18-20,30H,1,15,17,28H2,2-4H3,(H,29,31)/b11-10+,16-14-,22-7-. The van der Waals surface area contributed by atoms with Crippen LogP contribution in [0.3, 0.4) is 0 Å². The van der Waals surface area contributed by atoms with Crippen molar-refractivity contribution in [2.75, 3.05) is 11.9 Å². The molecule has 2 aromatic carbocycles. The molecule has 0 aliphatic rings. The van der Waals surface area contributed by atoms with Gasteiger partial charge in [-0.25, -0.2) is 0 Å². The molecule has 0 heterocycles. The maximum atomic E-state index is 12.4. The average molecular weight is 416 g/mol. The van der Waals surface area contributed by atoms with Crippen molar-refractivity contribution in [2.45, 2.75) is 27.2 Å². The minimum atomic E-state index is -0.0302. The van der Waals surface area contributed by atoms with Crippen LogP contribution in [0.15, 0.2) is 85.1 Å². The fraction of sp³-hybridized carbons (Fsp3) is 0.222. The molecule has 0 atom stereocenters. The summed E-state index contributed by atoms with van der Waals surface area (Å²) in [5.41, 5.74) is 11.2. The number of carbonyl (C=O) groups excluding carboxylic acids is 1.